The molecule has 0 aliphatic carbocycles. The lowest BCUT2D eigenvalue weighted by Crippen LogP contribution is -2.57. The van der Waals surface area contributed by atoms with Crippen molar-refractivity contribution in [3.8, 4) is 5.69 Å². The summed E-state index contributed by atoms with van der Waals surface area (Å²) in [5.74, 6) is -2.00. The Morgan fingerprint density at radius 1 is 1.33 bits per heavy atom. The summed E-state index contributed by atoms with van der Waals surface area (Å²) in [7, 11) is 0. The number of carbonyl (C=O) groups is 2. The van der Waals surface area contributed by atoms with Crippen LogP contribution in [0.25, 0.3) is 5.69 Å². The first kappa shape index (κ1) is 19.0. The fourth-order valence-electron chi connectivity index (χ4n) is 2.98. The molecule has 1 aromatic heterocycles. The highest BCUT2D eigenvalue weighted by atomic mass is 19.1. The third kappa shape index (κ3) is 3.82. The molecule has 1 aliphatic rings. The van der Waals surface area contributed by atoms with Crippen LogP contribution in [0.5, 0.6) is 0 Å². The number of nitrogens with zero attached hydrogens (tertiary/aromatic N) is 3. The van der Waals surface area contributed by atoms with E-state index in [4.69, 9.17) is 4.74 Å². The van der Waals surface area contributed by atoms with Gasteiger partial charge in [0.2, 0.25) is 5.82 Å². The lowest BCUT2D eigenvalue weighted by atomic mass is 9.90. The molecule has 0 radical (unpaired) electrons. The van der Waals surface area contributed by atoms with Gasteiger partial charge in [0.25, 0.3) is 5.91 Å². The SMILES string of the molecule is CC(C)c1nc(C(=O)NC2(C(=O)O)CCOCC2)nn1-c1cccc(F)c1. The molecule has 27 heavy (non-hydrogen) atoms. The Kier molecular flexibility index (Phi) is 5.22. The number of hydrogen-bond donors (Lipinski definition) is 2. The van der Waals surface area contributed by atoms with Gasteiger partial charge in [-0.2, -0.15) is 0 Å². The first-order valence-corrected chi connectivity index (χ1v) is 8.69. The number of carboxylic acid groups (broad SMARTS) is 1. The van der Waals surface area contributed by atoms with Gasteiger partial charge in [0.05, 0.1) is 5.69 Å². The molecule has 9 heteroatoms. The van der Waals surface area contributed by atoms with Crippen LogP contribution in [-0.4, -0.2) is 50.5 Å². The van der Waals surface area contributed by atoms with Gasteiger partial charge in [0.1, 0.15) is 17.2 Å². The summed E-state index contributed by atoms with van der Waals surface area (Å²) in [6, 6.07) is 5.80. The highest BCUT2D eigenvalue weighted by Gasteiger charge is 2.42. The Hall–Kier alpha value is -2.81. The molecule has 2 heterocycles. The van der Waals surface area contributed by atoms with Crippen LogP contribution in [0.15, 0.2) is 24.3 Å². The number of halogens is 1. The van der Waals surface area contributed by atoms with Crippen molar-refractivity contribution in [1.29, 1.82) is 0 Å². The number of nitrogens with one attached hydrogen (secondary N) is 1. The van der Waals surface area contributed by atoms with Crippen LogP contribution in [0, 0.1) is 5.82 Å². The fraction of sp³-hybridized carbons (Fsp3) is 0.444. The first-order valence-electron chi connectivity index (χ1n) is 8.69. The van der Waals surface area contributed by atoms with E-state index in [0.29, 0.717) is 11.5 Å². The smallest absolute Gasteiger partial charge is 0.329 e. The molecule has 0 atom stereocenters. The summed E-state index contributed by atoms with van der Waals surface area (Å²) in [5, 5.41) is 16.3. The molecule has 0 spiro atoms. The number of carbonyl (C=O) groups excluding carboxylic acids is 1. The number of amides is 1. The van der Waals surface area contributed by atoms with Gasteiger partial charge in [-0.05, 0) is 18.2 Å². The standard InChI is InChI=1S/C18H21FN4O4/c1-11(2)15-20-14(22-23(15)13-5-3-4-12(19)10-13)16(24)21-18(17(25)26)6-8-27-9-7-18/h3-5,10-11H,6-9H2,1-2H3,(H,21,24)(H,25,26). The molecule has 2 N–H and O–H groups in total. The van der Waals surface area contributed by atoms with E-state index < -0.39 is 23.2 Å². The molecular weight excluding hydrogens is 355 g/mol. The van der Waals surface area contributed by atoms with Crippen LogP contribution in [0.1, 0.15) is 49.1 Å². The molecule has 2 aromatic rings. The molecular formula is C18H21FN4O4. The summed E-state index contributed by atoms with van der Waals surface area (Å²) in [5.41, 5.74) is -0.971. The lowest BCUT2D eigenvalue weighted by molar-refractivity contribution is -0.148. The fourth-order valence-corrected chi connectivity index (χ4v) is 2.98. The van der Waals surface area contributed by atoms with Crippen LogP contribution in [0.2, 0.25) is 0 Å². The van der Waals surface area contributed by atoms with E-state index in [1.807, 2.05) is 13.8 Å². The second-order valence-electron chi connectivity index (χ2n) is 6.79. The minimum Gasteiger partial charge on any atom is -0.480 e. The minimum absolute atomic E-state index is 0.0844. The van der Waals surface area contributed by atoms with Crippen LogP contribution in [0.3, 0.4) is 0 Å². The number of rotatable bonds is 5. The lowest BCUT2D eigenvalue weighted by Gasteiger charge is -2.33. The monoisotopic (exact) mass is 376 g/mol. The highest BCUT2D eigenvalue weighted by Crippen LogP contribution is 2.23. The molecule has 0 saturated carbocycles. The molecule has 1 saturated heterocycles. The minimum atomic E-state index is -1.41. The van der Waals surface area contributed by atoms with Crippen molar-refractivity contribution in [3.63, 3.8) is 0 Å². The van der Waals surface area contributed by atoms with E-state index in [1.165, 1.54) is 22.9 Å². The Morgan fingerprint density at radius 2 is 2.04 bits per heavy atom. The van der Waals surface area contributed by atoms with Crippen LogP contribution >= 0.6 is 0 Å². The van der Waals surface area contributed by atoms with E-state index in [9.17, 15) is 19.1 Å². The van der Waals surface area contributed by atoms with E-state index in [2.05, 4.69) is 15.4 Å². The van der Waals surface area contributed by atoms with Crippen LogP contribution < -0.4 is 5.32 Å². The van der Waals surface area contributed by atoms with Crippen molar-refractivity contribution in [2.45, 2.75) is 38.1 Å². The molecule has 1 fully saturated rings. The number of hydrogen-bond acceptors (Lipinski definition) is 5. The summed E-state index contributed by atoms with van der Waals surface area (Å²) in [6.45, 7) is 4.24. The molecule has 8 nitrogen and oxygen atoms in total. The van der Waals surface area contributed by atoms with Gasteiger partial charge >= 0.3 is 5.97 Å². The Balaban J connectivity index is 1.93. The normalized spacial score (nSPS) is 16.3. The van der Waals surface area contributed by atoms with Crippen molar-refractivity contribution in [1.82, 2.24) is 20.1 Å². The van der Waals surface area contributed by atoms with Crippen molar-refractivity contribution >= 4 is 11.9 Å². The van der Waals surface area contributed by atoms with Gasteiger partial charge in [-0.15, -0.1) is 5.10 Å². The number of carboxylic acids is 1. The molecule has 3 rings (SSSR count). The zero-order chi connectivity index (χ0) is 19.6. The third-order valence-corrected chi connectivity index (χ3v) is 4.51. The first-order chi connectivity index (χ1) is 12.8. The maximum atomic E-state index is 13.6. The Morgan fingerprint density at radius 3 is 2.63 bits per heavy atom. The number of benzene rings is 1. The van der Waals surface area contributed by atoms with Crippen molar-refractivity contribution in [2.24, 2.45) is 0 Å². The molecule has 1 amide bonds. The number of ether oxygens (including phenoxy) is 1. The van der Waals surface area contributed by atoms with Gasteiger partial charge in [-0.25, -0.2) is 18.9 Å². The maximum absolute atomic E-state index is 13.6. The summed E-state index contributed by atoms with van der Waals surface area (Å²) in [6.07, 6.45) is 0.325. The maximum Gasteiger partial charge on any atom is 0.329 e. The molecule has 0 bridgehead atoms. The average Bonchev–Trinajstić information content (AvgIpc) is 3.08. The Labute approximate surface area is 155 Å². The predicted molar refractivity (Wildman–Crippen MR) is 93.3 cm³/mol. The third-order valence-electron chi connectivity index (χ3n) is 4.51. The number of aliphatic carboxylic acids is 1. The second-order valence-corrected chi connectivity index (χ2v) is 6.79. The van der Waals surface area contributed by atoms with Gasteiger partial charge < -0.3 is 15.2 Å². The summed E-state index contributed by atoms with van der Waals surface area (Å²) in [4.78, 5) is 28.7. The molecule has 144 valence electrons. The largest absolute Gasteiger partial charge is 0.480 e. The van der Waals surface area contributed by atoms with E-state index in [0.717, 1.165) is 0 Å². The molecule has 0 unspecified atom stereocenters. The van der Waals surface area contributed by atoms with E-state index >= 15 is 0 Å². The van der Waals surface area contributed by atoms with Crippen molar-refractivity contribution in [2.75, 3.05) is 13.2 Å². The molecule has 1 aliphatic heterocycles. The van der Waals surface area contributed by atoms with Crippen LogP contribution in [0.4, 0.5) is 4.39 Å². The van der Waals surface area contributed by atoms with Gasteiger partial charge in [-0.3, -0.25) is 4.79 Å². The number of aromatic nitrogens is 3. The second kappa shape index (κ2) is 7.43. The van der Waals surface area contributed by atoms with Crippen LogP contribution in [-0.2, 0) is 9.53 Å². The zero-order valence-corrected chi connectivity index (χ0v) is 15.1. The quantitative estimate of drug-likeness (QED) is 0.825. The van der Waals surface area contributed by atoms with Gasteiger partial charge in [-0.1, -0.05) is 19.9 Å². The van der Waals surface area contributed by atoms with Crippen molar-refractivity contribution < 1.29 is 23.8 Å². The van der Waals surface area contributed by atoms with E-state index in [1.54, 1.807) is 6.07 Å². The van der Waals surface area contributed by atoms with Gasteiger partial charge in [0, 0.05) is 32.0 Å². The predicted octanol–water partition coefficient (Wildman–Crippen LogP) is 1.89. The van der Waals surface area contributed by atoms with Crippen molar-refractivity contribution in [3.05, 3.63) is 41.7 Å². The summed E-state index contributed by atoms with van der Waals surface area (Å²) >= 11 is 0. The zero-order valence-electron chi connectivity index (χ0n) is 15.1. The van der Waals surface area contributed by atoms with E-state index in [-0.39, 0.29) is 37.8 Å². The van der Waals surface area contributed by atoms with Gasteiger partial charge in [0.15, 0.2) is 0 Å². The Bertz CT molecular complexity index is 859. The average molecular weight is 376 g/mol. The molecule has 1 aromatic carbocycles. The summed E-state index contributed by atoms with van der Waals surface area (Å²) < 4.78 is 20.2. The highest BCUT2D eigenvalue weighted by molar-refractivity contribution is 5.95. The topological polar surface area (TPSA) is 106 Å².